The van der Waals surface area contributed by atoms with E-state index in [1.807, 2.05) is 12.1 Å². The van der Waals surface area contributed by atoms with Crippen molar-refractivity contribution >= 4 is 40.1 Å². The summed E-state index contributed by atoms with van der Waals surface area (Å²) < 4.78 is 6.08. The van der Waals surface area contributed by atoms with E-state index in [9.17, 15) is 9.59 Å². The van der Waals surface area contributed by atoms with Gasteiger partial charge in [0, 0.05) is 11.6 Å². The second-order valence-corrected chi connectivity index (χ2v) is 7.82. The zero-order chi connectivity index (χ0) is 19.2. The predicted octanol–water partition coefficient (Wildman–Crippen LogP) is 4.61. The maximum absolute atomic E-state index is 12.7. The fraction of sp³-hybridized carbons (Fsp3) is 0.333. The summed E-state index contributed by atoms with van der Waals surface area (Å²) in [5.41, 5.74) is 1.52. The summed E-state index contributed by atoms with van der Waals surface area (Å²) in [6, 6.07) is 12.6. The minimum Gasteiger partial charge on any atom is -0.496 e. The van der Waals surface area contributed by atoms with Gasteiger partial charge >= 0.3 is 0 Å². The first-order chi connectivity index (χ1) is 13.1. The molecule has 2 N–H and O–H groups in total. The molecule has 1 fully saturated rings. The van der Waals surface area contributed by atoms with Crippen molar-refractivity contribution in [3.05, 3.63) is 57.2 Å². The zero-order valence-electron chi connectivity index (χ0n) is 15.3. The van der Waals surface area contributed by atoms with Crippen molar-refractivity contribution in [1.82, 2.24) is 5.32 Å². The number of anilines is 1. The van der Waals surface area contributed by atoms with E-state index in [1.54, 1.807) is 37.4 Å². The topological polar surface area (TPSA) is 67.4 Å². The highest BCUT2D eigenvalue weighted by molar-refractivity contribution is 14.1. The molecule has 0 radical (unpaired) electrons. The Morgan fingerprint density at radius 3 is 2.48 bits per heavy atom. The van der Waals surface area contributed by atoms with E-state index in [1.165, 1.54) is 6.42 Å². The van der Waals surface area contributed by atoms with E-state index >= 15 is 0 Å². The standard InChI is InChI=1S/C21H23IN2O3/c1-27-19-12-11-14(13-17(19)22)20(25)24-18-10-6-5-9-16(18)21(26)23-15-7-3-2-4-8-15/h5-6,9-13,15H,2-4,7-8H2,1H3,(H,23,26)(H,24,25). The van der Waals surface area contributed by atoms with Crippen LogP contribution >= 0.6 is 22.6 Å². The Morgan fingerprint density at radius 2 is 1.78 bits per heavy atom. The summed E-state index contributed by atoms with van der Waals surface area (Å²) in [5.74, 6) is 0.329. The molecule has 2 amide bonds. The third kappa shape index (κ3) is 5.00. The number of para-hydroxylation sites is 1. The molecule has 0 heterocycles. The highest BCUT2D eigenvalue weighted by Gasteiger charge is 2.19. The molecule has 6 heteroatoms. The van der Waals surface area contributed by atoms with E-state index in [4.69, 9.17) is 4.74 Å². The number of carbonyl (C=O) groups is 2. The number of carbonyl (C=O) groups excluding carboxylic acids is 2. The lowest BCUT2D eigenvalue weighted by molar-refractivity contribution is 0.0928. The van der Waals surface area contributed by atoms with E-state index in [0.29, 0.717) is 16.8 Å². The average Bonchev–Trinajstić information content (AvgIpc) is 2.69. The van der Waals surface area contributed by atoms with Crippen LogP contribution in [0.25, 0.3) is 0 Å². The van der Waals surface area contributed by atoms with Crippen molar-refractivity contribution in [2.45, 2.75) is 38.1 Å². The SMILES string of the molecule is COc1ccc(C(=O)Nc2ccccc2C(=O)NC2CCCCC2)cc1I. The van der Waals surface area contributed by atoms with Gasteiger partial charge in [-0.2, -0.15) is 0 Å². The van der Waals surface area contributed by atoms with Crippen LogP contribution in [0.2, 0.25) is 0 Å². The van der Waals surface area contributed by atoms with E-state index < -0.39 is 0 Å². The molecule has 0 aliphatic heterocycles. The molecule has 1 aliphatic rings. The Balaban J connectivity index is 1.74. The summed E-state index contributed by atoms with van der Waals surface area (Å²) in [4.78, 5) is 25.4. The van der Waals surface area contributed by atoms with Crippen LogP contribution in [-0.4, -0.2) is 25.0 Å². The molecule has 27 heavy (non-hydrogen) atoms. The molecular weight excluding hydrogens is 455 g/mol. The fourth-order valence-electron chi connectivity index (χ4n) is 3.30. The smallest absolute Gasteiger partial charge is 0.255 e. The molecule has 1 saturated carbocycles. The molecule has 0 aromatic heterocycles. The van der Waals surface area contributed by atoms with Gasteiger partial charge in [-0.1, -0.05) is 31.4 Å². The van der Waals surface area contributed by atoms with Crippen LogP contribution in [0, 0.1) is 3.57 Å². The van der Waals surface area contributed by atoms with Gasteiger partial charge in [0.2, 0.25) is 0 Å². The molecule has 0 saturated heterocycles. The minimum atomic E-state index is -0.256. The van der Waals surface area contributed by atoms with Crippen molar-refractivity contribution < 1.29 is 14.3 Å². The van der Waals surface area contributed by atoms with E-state index in [0.717, 1.165) is 35.0 Å². The van der Waals surface area contributed by atoms with Crippen LogP contribution in [0.5, 0.6) is 5.75 Å². The van der Waals surface area contributed by atoms with Gasteiger partial charge < -0.3 is 15.4 Å². The highest BCUT2D eigenvalue weighted by Crippen LogP contribution is 2.23. The average molecular weight is 478 g/mol. The molecule has 1 aliphatic carbocycles. The van der Waals surface area contributed by atoms with Crippen LogP contribution in [0.15, 0.2) is 42.5 Å². The Labute approximate surface area is 173 Å². The lowest BCUT2D eigenvalue weighted by Gasteiger charge is -2.23. The van der Waals surface area contributed by atoms with Gasteiger partial charge in [-0.15, -0.1) is 0 Å². The quantitative estimate of drug-likeness (QED) is 0.617. The number of rotatable bonds is 5. The lowest BCUT2D eigenvalue weighted by atomic mass is 9.95. The summed E-state index contributed by atoms with van der Waals surface area (Å²) in [7, 11) is 1.60. The molecule has 0 atom stereocenters. The number of hydrogen-bond donors (Lipinski definition) is 2. The largest absolute Gasteiger partial charge is 0.496 e. The zero-order valence-corrected chi connectivity index (χ0v) is 17.4. The molecule has 0 spiro atoms. The first kappa shape index (κ1) is 19.7. The number of nitrogens with one attached hydrogen (secondary N) is 2. The maximum Gasteiger partial charge on any atom is 0.255 e. The van der Waals surface area contributed by atoms with Gasteiger partial charge in [0.15, 0.2) is 0 Å². The number of ether oxygens (including phenoxy) is 1. The first-order valence-electron chi connectivity index (χ1n) is 9.13. The lowest BCUT2D eigenvalue weighted by Crippen LogP contribution is -2.36. The van der Waals surface area contributed by atoms with Gasteiger partial charge in [0.1, 0.15) is 5.75 Å². The minimum absolute atomic E-state index is 0.137. The van der Waals surface area contributed by atoms with Gasteiger partial charge in [-0.25, -0.2) is 0 Å². The normalized spacial score (nSPS) is 14.4. The molecule has 5 nitrogen and oxygen atoms in total. The monoisotopic (exact) mass is 478 g/mol. The molecule has 0 unspecified atom stereocenters. The van der Waals surface area contributed by atoms with Crippen molar-refractivity contribution in [1.29, 1.82) is 0 Å². The molecule has 3 rings (SSSR count). The summed E-state index contributed by atoms with van der Waals surface area (Å²) >= 11 is 2.13. The molecule has 2 aromatic carbocycles. The Kier molecular flexibility index (Phi) is 6.71. The number of benzene rings is 2. The highest BCUT2D eigenvalue weighted by atomic mass is 127. The number of halogens is 1. The van der Waals surface area contributed by atoms with Crippen LogP contribution in [0.4, 0.5) is 5.69 Å². The van der Waals surface area contributed by atoms with Crippen LogP contribution < -0.4 is 15.4 Å². The fourth-order valence-corrected chi connectivity index (χ4v) is 4.04. The predicted molar refractivity (Wildman–Crippen MR) is 114 cm³/mol. The Hall–Kier alpha value is -2.09. The first-order valence-corrected chi connectivity index (χ1v) is 10.2. The van der Waals surface area contributed by atoms with Gasteiger partial charge in [-0.3, -0.25) is 9.59 Å². The molecule has 0 bridgehead atoms. The number of amides is 2. The Morgan fingerprint density at radius 1 is 1.04 bits per heavy atom. The van der Waals surface area contributed by atoms with Crippen molar-refractivity contribution in [3.8, 4) is 5.75 Å². The van der Waals surface area contributed by atoms with E-state index in [2.05, 4.69) is 33.2 Å². The van der Waals surface area contributed by atoms with Gasteiger partial charge in [0.05, 0.1) is 21.9 Å². The summed E-state index contributed by atoms with van der Waals surface area (Å²) in [6.07, 6.45) is 5.58. The van der Waals surface area contributed by atoms with Crippen LogP contribution in [0.3, 0.4) is 0 Å². The van der Waals surface area contributed by atoms with Crippen LogP contribution in [-0.2, 0) is 0 Å². The maximum atomic E-state index is 12.7. The third-order valence-electron chi connectivity index (χ3n) is 4.77. The van der Waals surface area contributed by atoms with Gasteiger partial charge in [0.25, 0.3) is 11.8 Å². The number of methoxy groups -OCH3 is 1. The summed E-state index contributed by atoms with van der Waals surface area (Å²) in [6.45, 7) is 0. The molecule has 142 valence electrons. The van der Waals surface area contributed by atoms with E-state index in [-0.39, 0.29) is 17.9 Å². The van der Waals surface area contributed by atoms with Crippen molar-refractivity contribution in [2.24, 2.45) is 0 Å². The van der Waals surface area contributed by atoms with Crippen LogP contribution in [0.1, 0.15) is 52.8 Å². The third-order valence-corrected chi connectivity index (χ3v) is 5.62. The molecular formula is C21H23IN2O3. The Bertz CT molecular complexity index is 832. The summed E-state index contributed by atoms with van der Waals surface area (Å²) in [5, 5.41) is 5.97. The van der Waals surface area contributed by atoms with Crippen molar-refractivity contribution in [3.63, 3.8) is 0 Å². The number of hydrogen-bond acceptors (Lipinski definition) is 3. The second kappa shape index (κ2) is 9.21. The second-order valence-electron chi connectivity index (χ2n) is 6.66. The molecule has 2 aromatic rings. The van der Waals surface area contributed by atoms with Crippen molar-refractivity contribution in [2.75, 3.05) is 12.4 Å². The van der Waals surface area contributed by atoms with Gasteiger partial charge in [-0.05, 0) is 65.8 Å².